The Labute approximate surface area is 325 Å². The standard InChI is InChI=1S/C54H35NO/c1-34-16-15-25-44-51-39-21-6-5-19-36(39)32-50(53(51)56-52(34)44)55(49-29-14-10-20-38(49)35-17-3-2-4-18-35)37-30-31-43-42-24-9-13-28-47(42)54(48(43)33-37)45-26-11-7-22-40(45)41-23-8-12-27-46(41)54/h2-33H,1H3. The van der Waals surface area contributed by atoms with Crippen LogP contribution in [0.5, 0.6) is 0 Å². The Kier molecular flexibility index (Phi) is 6.50. The lowest BCUT2D eigenvalue weighted by atomic mass is 9.70. The number of nitrogens with zero attached hydrogens (tertiary/aromatic N) is 1. The van der Waals surface area contributed by atoms with E-state index in [1.165, 1.54) is 55.3 Å². The minimum atomic E-state index is -0.463. The Morgan fingerprint density at radius 3 is 1.70 bits per heavy atom. The number of anilines is 3. The van der Waals surface area contributed by atoms with E-state index in [-0.39, 0.29) is 0 Å². The number of hydrogen-bond donors (Lipinski definition) is 0. The molecule has 0 N–H and O–H groups in total. The van der Waals surface area contributed by atoms with Crippen LogP contribution in [0, 0.1) is 6.92 Å². The topological polar surface area (TPSA) is 16.4 Å². The Balaban J connectivity index is 1.22. The summed E-state index contributed by atoms with van der Waals surface area (Å²) in [6, 6.07) is 71.3. The van der Waals surface area contributed by atoms with E-state index in [1.807, 2.05) is 0 Å². The minimum absolute atomic E-state index is 0.463. The number of rotatable bonds is 4. The highest BCUT2D eigenvalue weighted by atomic mass is 16.3. The number of aryl methyl sites for hydroxylation is 1. The van der Waals surface area contributed by atoms with Crippen LogP contribution >= 0.6 is 0 Å². The molecule has 2 heteroatoms. The molecule has 0 bridgehead atoms. The monoisotopic (exact) mass is 713 g/mol. The molecular formula is C54H35NO. The van der Waals surface area contributed by atoms with Crippen molar-refractivity contribution < 1.29 is 4.42 Å². The Hall–Kier alpha value is -7.16. The minimum Gasteiger partial charge on any atom is -0.454 e. The Bertz CT molecular complexity index is 3160. The average Bonchev–Trinajstić information content (AvgIpc) is 3.90. The summed E-state index contributed by atoms with van der Waals surface area (Å²) in [5, 5.41) is 4.64. The lowest BCUT2D eigenvalue weighted by Crippen LogP contribution is -2.26. The van der Waals surface area contributed by atoms with Gasteiger partial charge >= 0.3 is 0 Å². The van der Waals surface area contributed by atoms with Crippen molar-refractivity contribution in [2.45, 2.75) is 12.3 Å². The molecule has 2 nitrogen and oxygen atoms in total. The Morgan fingerprint density at radius 2 is 0.982 bits per heavy atom. The molecule has 56 heavy (non-hydrogen) atoms. The third kappa shape index (κ3) is 4.11. The van der Waals surface area contributed by atoms with Gasteiger partial charge in [-0.2, -0.15) is 0 Å². The van der Waals surface area contributed by atoms with Crippen LogP contribution in [0.2, 0.25) is 0 Å². The third-order valence-electron chi connectivity index (χ3n) is 12.4. The maximum atomic E-state index is 7.08. The van der Waals surface area contributed by atoms with Gasteiger partial charge in [-0.15, -0.1) is 0 Å². The van der Waals surface area contributed by atoms with Gasteiger partial charge in [-0.3, -0.25) is 0 Å². The second-order valence-electron chi connectivity index (χ2n) is 15.2. The summed E-state index contributed by atoms with van der Waals surface area (Å²) in [6.07, 6.45) is 0. The maximum absolute atomic E-state index is 7.08. The van der Waals surface area contributed by atoms with Crippen molar-refractivity contribution in [1.29, 1.82) is 0 Å². The van der Waals surface area contributed by atoms with E-state index in [1.54, 1.807) is 0 Å². The molecule has 0 saturated carbocycles. The fourth-order valence-corrected chi connectivity index (χ4v) is 10.1. The van der Waals surface area contributed by atoms with Crippen LogP contribution in [0.15, 0.2) is 199 Å². The Morgan fingerprint density at radius 1 is 0.411 bits per heavy atom. The SMILES string of the molecule is Cc1cccc2c1oc1c(N(c3ccc4c(c3)C3(c5ccccc5-c5ccccc53)c3ccccc3-4)c3ccccc3-c3ccccc3)cc3ccccc3c12. The summed E-state index contributed by atoms with van der Waals surface area (Å²) in [5.74, 6) is 0. The first-order valence-electron chi connectivity index (χ1n) is 19.4. The highest BCUT2D eigenvalue weighted by Gasteiger charge is 2.51. The molecule has 1 aromatic heterocycles. The van der Waals surface area contributed by atoms with Gasteiger partial charge in [0.25, 0.3) is 0 Å². The molecule has 0 atom stereocenters. The van der Waals surface area contributed by atoms with Gasteiger partial charge < -0.3 is 9.32 Å². The smallest absolute Gasteiger partial charge is 0.160 e. The predicted molar refractivity (Wildman–Crippen MR) is 232 cm³/mol. The molecule has 0 radical (unpaired) electrons. The van der Waals surface area contributed by atoms with Gasteiger partial charge in [-0.25, -0.2) is 0 Å². The van der Waals surface area contributed by atoms with Crippen molar-refractivity contribution in [1.82, 2.24) is 0 Å². The van der Waals surface area contributed by atoms with Crippen LogP contribution in [-0.4, -0.2) is 0 Å². The van der Waals surface area contributed by atoms with E-state index < -0.39 is 5.41 Å². The molecule has 2 aliphatic carbocycles. The first kappa shape index (κ1) is 31.2. The van der Waals surface area contributed by atoms with Gasteiger partial charge in [0.05, 0.1) is 16.8 Å². The van der Waals surface area contributed by atoms with Crippen molar-refractivity contribution in [3.8, 4) is 33.4 Å². The number of para-hydroxylation sites is 2. The fourth-order valence-electron chi connectivity index (χ4n) is 10.1. The van der Waals surface area contributed by atoms with Crippen molar-refractivity contribution in [2.24, 2.45) is 0 Å². The summed E-state index contributed by atoms with van der Waals surface area (Å²) in [6.45, 7) is 2.14. The fraction of sp³-hybridized carbons (Fsp3) is 0.0370. The molecule has 0 saturated heterocycles. The van der Waals surface area contributed by atoms with E-state index in [9.17, 15) is 0 Å². The van der Waals surface area contributed by atoms with Crippen molar-refractivity contribution in [3.63, 3.8) is 0 Å². The van der Waals surface area contributed by atoms with E-state index in [0.717, 1.165) is 55.7 Å². The normalized spacial score (nSPS) is 13.2. The molecule has 0 fully saturated rings. The lowest BCUT2D eigenvalue weighted by Gasteiger charge is -2.32. The summed E-state index contributed by atoms with van der Waals surface area (Å²) in [7, 11) is 0. The molecule has 10 aromatic rings. The number of fused-ring (bicyclic) bond motifs is 15. The molecule has 12 rings (SSSR count). The predicted octanol–water partition coefficient (Wildman–Crippen LogP) is 14.5. The van der Waals surface area contributed by atoms with Gasteiger partial charge in [0.2, 0.25) is 0 Å². The number of benzene rings is 9. The highest BCUT2D eigenvalue weighted by molar-refractivity contribution is 6.23. The molecule has 0 amide bonds. The number of furan rings is 1. The molecule has 9 aromatic carbocycles. The van der Waals surface area contributed by atoms with Crippen LogP contribution < -0.4 is 4.90 Å². The van der Waals surface area contributed by atoms with E-state index >= 15 is 0 Å². The summed E-state index contributed by atoms with van der Waals surface area (Å²) >= 11 is 0. The zero-order valence-electron chi connectivity index (χ0n) is 30.8. The summed E-state index contributed by atoms with van der Waals surface area (Å²) in [4.78, 5) is 2.46. The molecule has 0 unspecified atom stereocenters. The quantitative estimate of drug-likeness (QED) is 0.181. The van der Waals surface area contributed by atoms with Crippen molar-refractivity contribution >= 4 is 49.8 Å². The molecular weight excluding hydrogens is 679 g/mol. The van der Waals surface area contributed by atoms with Crippen LogP contribution in [0.4, 0.5) is 17.1 Å². The average molecular weight is 714 g/mol. The van der Waals surface area contributed by atoms with Crippen LogP contribution in [0.25, 0.3) is 66.1 Å². The van der Waals surface area contributed by atoms with Crippen LogP contribution in [0.1, 0.15) is 27.8 Å². The van der Waals surface area contributed by atoms with Gasteiger partial charge in [-0.1, -0.05) is 170 Å². The summed E-state index contributed by atoms with van der Waals surface area (Å²) in [5.41, 5.74) is 18.4. The van der Waals surface area contributed by atoms with Crippen LogP contribution in [-0.2, 0) is 5.41 Å². The molecule has 0 aliphatic heterocycles. The third-order valence-corrected chi connectivity index (χ3v) is 12.4. The second kappa shape index (κ2) is 11.7. The molecule has 2 aliphatic rings. The number of hydrogen-bond acceptors (Lipinski definition) is 2. The van der Waals surface area contributed by atoms with Gasteiger partial charge in [0, 0.05) is 22.0 Å². The zero-order valence-corrected chi connectivity index (χ0v) is 30.8. The molecule has 1 spiro atoms. The van der Waals surface area contributed by atoms with Crippen LogP contribution in [0.3, 0.4) is 0 Å². The zero-order chi connectivity index (χ0) is 37.0. The molecule has 262 valence electrons. The van der Waals surface area contributed by atoms with E-state index in [0.29, 0.717) is 0 Å². The summed E-state index contributed by atoms with van der Waals surface area (Å²) < 4.78 is 7.08. The second-order valence-corrected chi connectivity index (χ2v) is 15.2. The lowest BCUT2D eigenvalue weighted by molar-refractivity contribution is 0.666. The van der Waals surface area contributed by atoms with Gasteiger partial charge in [-0.05, 0) is 97.6 Å². The van der Waals surface area contributed by atoms with Gasteiger partial charge in [0.1, 0.15) is 5.58 Å². The van der Waals surface area contributed by atoms with E-state index in [2.05, 4.69) is 206 Å². The first-order valence-corrected chi connectivity index (χ1v) is 19.4. The largest absolute Gasteiger partial charge is 0.454 e. The molecule has 1 heterocycles. The van der Waals surface area contributed by atoms with Crippen molar-refractivity contribution in [2.75, 3.05) is 4.90 Å². The maximum Gasteiger partial charge on any atom is 0.160 e. The van der Waals surface area contributed by atoms with E-state index in [4.69, 9.17) is 4.42 Å². The van der Waals surface area contributed by atoms with Gasteiger partial charge in [0.15, 0.2) is 5.58 Å². The van der Waals surface area contributed by atoms with Crippen molar-refractivity contribution in [3.05, 3.63) is 222 Å². The highest BCUT2D eigenvalue weighted by Crippen LogP contribution is 2.63. The first-order chi connectivity index (χ1) is 27.7.